The maximum Gasteiger partial charge on any atom is 0.305 e. The molecule has 0 spiro atoms. The summed E-state index contributed by atoms with van der Waals surface area (Å²) in [5.74, 6) is -0.142. The molecule has 19 heavy (non-hydrogen) atoms. The molecule has 0 atom stereocenters. The van der Waals surface area contributed by atoms with E-state index in [-0.39, 0.29) is 5.97 Å². The second kappa shape index (κ2) is 7.79. The second-order valence-electron chi connectivity index (χ2n) is 4.99. The number of hydrogen-bond acceptors (Lipinski definition) is 4. The Balaban J connectivity index is 2.48. The van der Waals surface area contributed by atoms with Crippen LogP contribution in [0, 0.1) is 0 Å². The van der Waals surface area contributed by atoms with E-state index in [0.717, 1.165) is 25.2 Å². The minimum atomic E-state index is -0.142. The molecule has 0 saturated carbocycles. The maximum absolute atomic E-state index is 11.1. The molecule has 4 nitrogen and oxygen atoms in total. The molecular formula is C15H24N2O2. The number of nitrogen functional groups attached to an aromatic ring is 1. The lowest BCUT2D eigenvalue weighted by Gasteiger charge is -2.26. The van der Waals surface area contributed by atoms with Crippen molar-refractivity contribution in [1.29, 1.82) is 0 Å². The first-order valence-electron chi connectivity index (χ1n) is 6.68. The number of ether oxygens (including phenoxy) is 1. The zero-order chi connectivity index (χ0) is 14.3. The third-order valence-electron chi connectivity index (χ3n) is 3.15. The molecule has 0 heterocycles. The summed E-state index contributed by atoms with van der Waals surface area (Å²) in [6.07, 6.45) is 1.29. The molecule has 0 fully saturated rings. The highest BCUT2D eigenvalue weighted by Gasteiger charge is 2.11. The standard InChI is InChI=1S/C15H24N2O2/c1-12(2)17(10-4-5-15(18)19-3)11-13-6-8-14(16)9-7-13/h6-9,12H,4-5,10-11,16H2,1-3H3. The van der Waals surface area contributed by atoms with Crippen molar-refractivity contribution in [3.63, 3.8) is 0 Å². The average Bonchev–Trinajstić information content (AvgIpc) is 2.39. The fraction of sp³-hybridized carbons (Fsp3) is 0.533. The largest absolute Gasteiger partial charge is 0.469 e. The van der Waals surface area contributed by atoms with Crippen LogP contribution < -0.4 is 5.73 Å². The molecule has 0 bridgehead atoms. The van der Waals surface area contributed by atoms with Crippen molar-refractivity contribution in [3.8, 4) is 0 Å². The predicted octanol–water partition coefficient (Wildman–Crippen LogP) is 2.43. The van der Waals surface area contributed by atoms with Crippen molar-refractivity contribution < 1.29 is 9.53 Å². The number of esters is 1. The van der Waals surface area contributed by atoms with Gasteiger partial charge in [-0.3, -0.25) is 9.69 Å². The van der Waals surface area contributed by atoms with Gasteiger partial charge in [-0.15, -0.1) is 0 Å². The molecule has 0 unspecified atom stereocenters. The molecule has 1 aromatic carbocycles. The fourth-order valence-electron chi connectivity index (χ4n) is 1.91. The minimum Gasteiger partial charge on any atom is -0.469 e. The first kappa shape index (κ1) is 15.5. The molecule has 0 amide bonds. The van der Waals surface area contributed by atoms with Gasteiger partial charge >= 0.3 is 5.97 Å². The van der Waals surface area contributed by atoms with Crippen LogP contribution in [0.15, 0.2) is 24.3 Å². The maximum atomic E-state index is 11.1. The third-order valence-corrected chi connectivity index (χ3v) is 3.15. The third kappa shape index (κ3) is 5.75. The van der Waals surface area contributed by atoms with Gasteiger partial charge in [-0.05, 0) is 44.5 Å². The molecule has 0 radical (unpaired) electrons. The van der Waals surface area contributed by atoms with Gasteiger partial charge in [-0.2, -0.15) is 0 Å². The molecule has 2 N–H and O–H groups in total. The zero-order valence-corrected chi connectivity index (χ0v) is 12.1. The molecule has 0 aliphatic rings. The van der Waals surface area contributed by atoms with Gasteiger partial charge in [-0.25, -0.2) is 0 Å². The number of methoxy groups -OCH3 is 1. The Morgan fingerprint density at radius 1 is 1.32 bits per heavy atom. The lowest BCUT2D eigenvalue weighted by atomic mass is 10.1. The SMILES string of the molecule is COC(=O)CCCN(Cc1ccc(N)cc1)C(C)C. The van der Waals surface area contributed by atoms with Gasteiger partial charge in [0.05, 0.1) is 7.11 Å². The van der Waals surface area contributed by atoms with Crippen molar-refractivity contribution in [2.24, 2.45) is 0 Å². The van der Waals surface area contributed by atoms with E-state index in [2.05, 4.69) is 23.5 Å². The Morgan fingerprint density at radius 2 is 1.95 bits per heavy atom. The number of nitrogens with zero attached hydrogens (tertiary/aromatic N) is 1. The summed E-state index contributed by atoms with van der Waals surface area (Å²) in [6.45, 7) is 6.08. The monoisotopic (exact) mass is 264 g/mol. The van der Waals surface area contributed by atoms with Gasteiger partial charge in [-0.1, -0.05) is 12.1 Å². The van der Waals surface area contributed by atoms with Crippen LogP contribution in [0.1, 0.15) is 32.3 Å². The number of carbonyl (C=O) groups is 1. The van der Waals surface area contributed by atoms with E-state index in [0.29, 0.717) is 12.5 Å². The Labute approximate surface area is 115 Å². The summed E-state index contributed by atoms with van der Waals surface area (Å²) in [5.41, 5.74) is 7.70. The summed E-state index contributed by atoms with van der Waals surface area (Å²) in [7, 11) is 1.43. The second-order valence-corrected chi connectivity index (χ2v) is 4.99. The Kier molecular flexibility index (Phi) is 6.36. The summed E-state index contributed by atoms with van der Waals surface area (Å²) in [4.78, 5) is 13.4. The number of benzene rings is 1. The summed E-state index contributed by atoms with van der Waals surface area (Å²) in [6, 6.07) is 8.37. The minimum absolute atomic E-state index is 0.142. The molecule has 0 saturated heterocycles. The number of carbonyl (C=O) groups excluding carboxylic acids is 1. The van der Waals surface area contributed by atoms with Crippen molar-refractivity contribution in [2.45, 2.75) is 39.3 Å². The van der Waals surface area contributed by atoms with E-state index in [1.165, 1.54) is 12.7 Å². The van der Waals surface area contributed by atoms with E-state index in [1.54, 1.807) is 0 Å². The molecule has 0 aliphatic carbocycles. The Bertz CT molecular complexity index is 388. The molecular weight excluding hydrogens is 240 g/mol. The van der Waals surface area contributed by atoms with Gasteiger partial charge in [0.2, 0.25) is 0 Å². The number of hydrogen-bond donors (Lipinski definition) is 1. The smallest absolute Gasteiger partial charge is 0.305 e. The zero-order valence-electron chi connectivity index (χ0n) is 12.1. The number of nitrogens with two attached hydrogens (primary N) is 1. The Hall–Kier alpha value is -1.55. The quantitative estimate of drug-likeness (QED) is 0.607. The highest BCUT2D eigenvalue weighted by Crippen LogP contribution is 2.12. The summed E-state index contributed by atoms with van der Waals surface area (Å²) >= 11 is 0. The highest BCUT2D eigenvalue weighted by molar-refractivity contribution is 5.69. The van der Waals surface area contributed by atoms with Crippen LogP contribution in [0.2, 0.25) is 0 Å². The van der Waals surface area contributed by atoms with Crippen molar-refractivity contribution in [2.75, 3.05) is 19.4 Å². The van der Waals surface area contributed by atoms with Crippen LogP contribution in [0.4, 0.5) is 5.69 Å². The van der Waals surface area contributed by atoms with Gasteiger partial charge in [0.1, 0.15) is 0 Å². The molecule has 1 aromatic rings. The van der Waals surface area contributed by atoms with Crippen LogP contribution in [0.3, 0.4) is 0 Å². The normalized spacial score (nSPS) is 11.0. The van der Waals surface area contributed by atoms with E-state index in [4.69, 9.17) is 5.73 Å². The number of anilines is 1. The topological polar surface area (TPSA) is 55.6 Å². The van der Waals surface area contributed by atoms with Gasteiger partial charge < -0.3 is 10.5 Å². The lowest BCUT2D eigenvalue weighted by Crippen LogP contribution is -2.31. The Morgan fingerprint density at radius 3 is 2.47 bits per heavy atom. The van der Waals surface area contributed by atoms with Gasteiger partial charge in [0.15, 0.2) is 0 Å². The van der Waals surface area contributed by atoms with E-state index in [1.807, 2.05) is 24.3 Å². The first-order chi connectivity index (χ1) is 9.02. The van der Waals surface area contributed by atoms with Gasteiger partial charge in [0, 0.05) is 24.7 Å². The number of rotatable bonds is 7. The summed E-state index contributed by atoms with van der Waals surface area (Å²) < 4.78 is 4.65. The first-order valence-corrected chi connectivity index (χ1v) is 6.68. The van der Waals surface area contributed by atoms with Gasteiger partial charge in [0.25, 0.3) is 0 Å². The highest BCUT2D eigenvalue weighted by atomic mass is 16.5. The van der Waals surface area contributed by atoms with Crippen molar-refractivity contribution in [1.82, 2.24) is 4.90 Å². The van der Waals surface area contributed by atoms with Crippen LogP contribution in [0.25, 0.3) is 0 Å². The molecule has 0 aliphatic heterocycles. The van der Waals surface area contributed by atoms with Crippen LogP contribution in [-0.4, -0.2) is 30.6 Å². The van der Waals surface area contributed by atoms with E-state index in [9.17, 15) is 4.79 Å². The molecule has 106 valence electrons. The predicted molar refractivity (Wildman–Crippen MR) is 77.7 cm³/mol. The van der Waals surface area contributed by atoms with Crippen molar-refractivity contribution in [3.05, 3.63) is 29.8 Å². The lowest BCUT2D eigenvalue weighted by molar-refractivity contribution is -0.140. The van der Waals surface area contributed by atoms with E-state index < -0.39 is 0 Å². The van der Waals surface area contributed by atoms with Crippen LogP contribution in [0.5, 0.6) is 0 Å². The van der Waals surface area contributed by atoms with Crippen LogP contribution >= 0.6 is 0 Å². The molecule has 0 aromatic heterocycles. The molecule has 4 heteroatoms. The van der Waals surface area contributed by atoms with Crippen molar-refractivity contribution >= 4 is 11.7 Å². The molecule has 1 rings (SSSR count). The fourth-order valence-corrected chi connectivity index (χ4v) is 1.91. The van der Waals surface area contributed by atoms with Crippen LogP contribution in [-0.2, 0) is 16.1 Å². The van der Waals surface area contributed by atoms with E-state index >= 15 is 0 Å². The summed E-state index contributed by atoms with van der Waals surface area (Å²) in [5, 5.41) is 0. The average molecular weight is 264 g/mol.